The number of ether oxygens (including phenoxy) is 1. The first-order valence-electron chi connectivity index (χ1n) is 8.88. The molecule has 0 fully saturated rings. The maximum Gasteiger partial charge on any atom is 0.289 e. The molecule has 0 aliphatic heterocycles. The summed E-state index contributed by atoms with van der Waals surface area (Å²) in [6.45, 7) is 6.26. The number of aromatic nitrogens is 2. The lowest BCUT2D eigenvalue weighted by molar-refractivity contribution is 0.0949. The summed E-state index contributed by atoms with van der Waals surface area (Å²) >= 11 is 3.40. The monoisotopic (exact) mass is 440 g/mol. The van der Waals surface area contributed by atoms with Gasteiger partial charge >= 0.3 is 0 Å². The third kappa shape index (κ3) is 4.48. The Hall–Kier alpha value is -2.93. The summed E-state index contributed by atoms with van der Waals surface area (Å²) < 4.78 is 6.45. The molecule has 0 unspecified atom stereocenters. The van der Waals surface area contributed by atoms with Gasteiger partial charge in [-0.1, -0.05) is 28.1 Å². The summed E-state index contributed by atoms with van der Waals surface area (Å²) in [5.41, 5.74) is 7.01. The SMILES string of the molecule is CCOc1ccc(-c2n[nH]c(C(=O)NN=C(C)c3ccc(Br)cc3)c2C)cc1. The van der Waals surface area contributed by atoms with E-state index in [4.69, 9.17) is 4.74 Å². The molecular weight excluding hydrogens is 420 g/mol. The van der Waals surface area contributed by atoms with Crippen molar-refractivity contribution in [3.05, 3.63) is 69.8 Å². The van der Waals surface area contributed by atoms with E-state index < -0.39 is 0 Å². The second-order valence-corrected chi connectivity index (χ2v) is 7.09. The van der Waals surface area contributed by atoms with Crippen LogP contribution in [0.3, 0.4) is 0 Å². The number of rotatable bonds is 6. The largest absolute Gasteiger partial charge is 0.494 e. The molecule has 3 aromatic rings. The average molecular weight is 441 g/mol. The van der Waals surface area contributed by atoms with Crippen molar-refractivity contribution in [3.8, 4) is 17.0 Å². The summed E-state index contributed by atoms with van der Waals surface area (Å²) in [4.78, 5) is 12.5. The van der Waals surface area contributed by atoms with E-state index in [0.29, 0.717) is 18.0 Å². The van der Waals surface area contributed by atoms with E-state index in [0.717, 1.165) is 32.6 Å². The molecular formula is C21H21BrN4O2. The highest BCUT2D eigenvalue weighted by molar-refractivity contribution is 9.10. The van der Waals surface area contributed by atoms with Gasteiger partial charge in [0.1, 0.15) is 11.4 Å². The third-order valence-electron chi connectivity index (χ3n) is 4.26. The molecule has 1 amide bonds. The van der Waals surface area contributed by atoms with Gasteiger partial charge in [0, 0.05) is 15.6 Å². The number of nitrogens with zero attached hydrogens (tertiary/aromatic N) is 2. The van der Waals surface area contributed by atoms with Crippen LogP contribution < -0.4 is 10.2 Å². The number of H-pyrrole nitrogens is 1. The Morgan fingerprint density at radius 1 is 1.18 bits per heavy atom. The molecule has 2 N–H and O–H groups in total. The van der Waals surface area contributed by atoms with Crippen molar-refractivity contribution in [2.45, 2.75) is 20.8 Å². The lowest BCUT2D eigenvalue weighted by Gasteiger charge is -2.05. The molecule has 0 aliphatic rings. The summed E-state index contributed by atoms with van der Waals surface area (Å²) in [5, 5.41) is 11.3. The van der Waals surface area contributed by atoms with Crippen molar-refractivity contribution in [2.24, 2.45) is 5.10 Å². The van der Waals surface area contributed by atoms with Crippen molar-refractivity contribution in [1.82, 2.24) is 15.6 Å². The summed E-state index contributed by atoms with van der Waals surface area (Å²) in [6.07, 6.45) is 0. The molecule has 2 aromatic carbocycles. The Kier molecular flexibility index (Phi) is 6.26. The van der Waals surface area contributed by atoms with Gasteiger partial charge in [0.25, 0.3) is 5.91 Å². The Labute approximate surface area is 172 Å². The molecule has 3 rings (SSSR count). The Balaban J connectivity index is 1.74. The van der Waals surface area contributed by atoms with Gasteiger partial charge in [0.05, 0.1) is 18.0 Å². The van der Waals surface area contributed by atoms with Crippen LogP contribution in [-0.2, 0) is 0 Å². The van der Waals surface area contributed by atoms with Crippen molar-refractivity contribution in [3.63, 3.8) is 0 Å². The molecule has 0 aliphatic carbocycles. The first-order chi connectivity index (χ1) is 13.5. The number of hydrazone groups is 1. The maximum atomic E-state index is 12.5. The molecule has 0 atom stereocenters. The molecule has 0 radical (unpaired) electrons. The molecule has 1 heterocycles. The van der Waals surface area contributed by atoms with Crippen molar-refractivity contribution in [1.29, 1.82) is 0 Å². The molecule has 0 bridgehead atoms. The van der Waals surface area contributed by atoms with Crippen LogP contribution in [0.2, 0.25) is 0 Å². The number of carbonyl (C=O) groups is 1. The van der Waals surface area contributed by atoms with Gasteiger partial charge < -0.3 is 4.74 Å². The standard InChI is InChI=1S/C21H21BrN4O2/c1-4-28-18-11-7-16(8-12-18)19-13(2)20(25-24-19)21(27)26-23-14(3)15-5-9-17(22)10-6-15/h5-12H,4H2,1-3H3,(H,24,25)(H,26,27). The fourth-order valence-corrected chi connectivity index (χ4v) is 2.99. The van der Waals surface area contributed by atoms with Crippen LogP contribution in [0.25, 0.3) is 11.3 Å². The van der Waals surface area contributed by atoms with E-state index in [9.17, 15) is 4.79 Å². The normalized spacial score (nSPS) is 11.4. The molecule has 1 aromatic heterocycles. The Morgan fingerprint density at radius 3 is 2.50 bits per heavy atom. The number of amides is 1. The van der Waals surface area contributed by atoms with Gasteiger partial charge in [-0.25, -0.2) is 5.43 Å². The second kappa shape index (κ2) is 8.84. The predicted octanol–water partition coefficient (Wildman–Crippen LogP) is 4.70. The first-order valence-corrected chi connectivity index (χ1v) is 9.67. The van der Waals surface area contributed by atoms with Crippen LogP contribution >= 0.6 is 15.9 Å². The van der Waals surface area contributed by atoms with E-state index in [2.05, 4.69) is 36.7 Å². The molecule has 6 nitrogen and oxygen atoms in total. The molecule has 7 heteroatoms. The van der Waals surface area contributed by atoms with Crippen LogP contribution in [0.5, 0.6) is 5.75 Å². The second-order valence-electron chi connectivity index (χ2n) is 6.17. The Bertz CT molecular complexity index is 992. The van der Waals surface area contributed by atoms with Gasteiger partial charge in [0.2, 0.25) is 0 Å². The summed E-state index contributed by atoms with van der Waals surface area (Å²) in [7, 11) is 0. The van der Waals surface area contributed by atoms with Crippen LogP contribution in [0, 0.1) is 6.92 Å². The van der Waals surface area contributed by atoms with Crippen LogP contribution in [0.15, 0.2) is 58.1 Å². The molecule has 0 saturated carbocycles. The van der Waals surface area contributed by atoms with Gasteiger partial charge in [-0.05, 0) is 62.7 Å². The number of aromatic amines is 1. The lowest BCUT2D eigenvalue weighted by atomic mass is 10.1. The number of hydrogen-bond donors (Lipinski definition) is 2. The van der Waals surface area contributed by atoms with E-state index in [1.807, 2.05) is 69.3 Å². The lowest BCUT2D eigenvalue weighted by Crippen LogP contribution is -2.20. The Morgan fingerprint density at radius 2 is 1.86 bits per heavy atom. The number of hydrogen-bond acceptors (Lipinski definition) is 4. The number of halogens is 1. The quantitative estimate of drug-likeness (QED) is 0.430. The molecule has 28 heavy (non-hydrogen) atoms. The van der Waals surface area contributed by atoms with Crippen LogP contribution in [-0.4, -0.2) is 28.4 Å². The van der Waals surface area contributed by atoms with Crippen LogP contribution in [0.1, 0.15) is 35.5 Å². The highest BCUT2D eigenvalue weighted by atomic mass is 79.9. The minimum atomic E-state index is -0.335. The van der Waals surface area contributed by atoms with Gasteiger partial charge in [-0.3, -0.25) is 9.89 Å². The highest BCUT2D eigenvalue weighted by Gasteiger charge is 2.17. The van der Waals surface area contributed by atoms with Gasteiger partial charge in [0.15, 0.2) is 0 Å². The zero-order valence-corrected chi connectivity index (χ0v) is 17.5. The zero-order chi connectivity index (χ0) is 20.1. The fourth-order valence-electron chi connectivity index (χ4n) is 2.72. The van der Waals surface area contributed by atoms with Crippen molar-refractivity contribution < 1.29 is 9.53 Å². The minimum Gasteiger partial charge on any atom is -0.494 e. The minimum absolute atomic E-state index is 0.335. The van der Waals surface area contributed by atoms with Crippen LogP contribution in [0.4, 0.5) is 0 Å². The number of nitrogens with one attached hydrogen (secondary N) is 2. The summed E-state index contributed by atoms with van der Waals surface area (Å²) in [5.74, 6) is 0.466. The van der Waals surface area contributed by atoms with Gasteiger partial charge in [-0.2, -0.15) is 10.2 Å². The van der Waals surface area contributed by atoms with Crippen molar-refractivity contribution >= 4 is 27.5 Å². The van der Waals surface area contributed by atoms with E-state index in [1.54, 1.807) is 0 Å². The molecule has 0 saturated heterocycles. The number of benzene rings is 2. The van der Waals surface area contributed by atoms with Gasteiger partial charge in [-0.15, -0.1) is 0 Å². The highest BCUT2D eigenvalue weighted by Crippen LogP contribution is 2.25. The predicted molar refractivity (Wildman–Crippen MR) is 114 cm³/mol. The number of carbonyl (C=O) groups excluding carboxylic acids is 1. The maximum absolute atomic E-state index is 12.5. The van der Waals surface area contributed by atoms with E-state index >= 15 is 0 Å². The fraction of sp³-hybridized carbons (Fsp3) is 0.190. The zero-order valence-electron chi connectivity index (χ0n) is 15.9. The molecule has 144 valence electrons. The smallest absolute Gasteiger partial charge is 0.289 e. The average Bonchev–Trinajstić information content (AvgIpc) is 3.09. The van der Waals surface area contributed by atoms with E-state index in [1.165, 1.54) is 0 Å². The summed E-state index contributed by atoms with van der Waals surface area (Å²) in [6, 6.07) is 15.3. The molecule has 0 spiro atoms. The third-order valence-corrected chi connectivity index (χ3v) is 4.79. The van der Waals surface area contributed by atoms with E-state index in [-0.39, 0.29) is 5.91 Å². The topological polar surface area (TPSA) is 79.4 Å². The first kappa shape index (κ1) is 19.8. The van der Waals surface area contributed by atoms with Crippen molar-refractivity contribution in [2.75, 3.05) is 6.61 Å².